The Bertz CT molecular complexity index is 317. The van der Waals surface area contributed by atoms with E-state index in [1.165, 1.54) is 11.5 Å². The second-order valence-corrected chi connectivity index (χ2v) is 6.52. The Labute approximate surface area is 109 Å². The molecule has 0 aliphatic heterocycles. The smallest absolute Gasteiger partial charge is 0.0965 e. The summed E-state index contributed by atoms with van der Waals surface area (Å²) in [6.07, 6.45) is 3.20. The lowest BCUT2D eigenvalue weighted by molar-refractivity contribution is 0.421. The predicted octanol–water partition coefficient (Wildman–Crippen LogP) is 2.31. The van der Waals surface area contributed by atoms with Crippen molar-refractivity contribution >= 4 is 11.8 Å². The van der Waals surface area contributed by atoms with Crippen LogP contribution in [0.2, 0.25) is 0 Å². The number of hydrogen-bond acceptors (Lipinski definition) is 4. The van der Waals surface area contributed by atoms with E-state index in [1.807, 2.05) is 22.6 Å². The lowest BCUT2D eigenvalue weighted by atomic mass is 10.1. The lowest BCUT2D eigenvalue weighted by Crippen LogP contribution is -2.35. The number of nitrogens with zero attached hydrogens (tertiary/aromatic N) is 3. The van der Waals surface area contributed by atoms with Gasteiger partial charge in [0.2, 0.25) is 0 Å². The minimum absolute atomic E-state index is 0.127. The van der Waals surface area contributed by atoms with E-state index in [-0.39, 0.29) is 5.54 Å². The van der Waals surface area contributed by atoms with Crippen LogP contribution in [-0.4, -0.2) is 32.0 Å². The molecule has 5 heteroatoms. The quantitative estimate of drug-likeness (QED) is 0.760. The van der Waals surface area contributed by atoms with E-state index >= 15 is 0 Å². The van der Waals surface area contributed by atoms with Crippen LogP contribution >= 0.6 is 11.8 Å². The summed E-state index contributed by atoms with van der Waals surface area (Å²) in [4.78, 5) is 0. The number of rotatable bonds is 7. The first kappa shape index (κ1) is 14.5. The van der Waals surface area contributed by atoms with Gasteiger partial charge in [-0.2, -0.15) is 11.8 Å². The van der Waals surface area contributed by atoms with Crippen LogP contribution in [0, 0.1) is 0 Å². The number of thioether (sulfide) groups is 1. The van der Waals surface area contributed by atoms with Gasteiger partial charge < -0.3 is 5.32 Å². The predicted molar refractivity (Wildman–Crippen MR) is 74.2 cm³/mol. The SMILES string of the molecule is CCSCCCn1cc(CNC(C)(C)C)nn1. The van der Waals surface area contributed by atoms with E-state index in [9.17, 15) is 0 Å². The van der Waals surface area contributed by atoms with Crippen molar-refractivity contribution in [2.45, 2.75) is 52.7 Å². The fraction of sp³-hybridized carbons (Fsp3) is 0.833. The zero-order valence-electron chi connectivity index (χ0n) is 11.4. The van der Waals surface area contributed by atoms with Crippen molar-refractivity contribution in [2.75, 3.05) is 11.5 Å². The topological polar surface area (TPSA) is 42.7 Å². The fourth-order valence-corrected chi connectivity index (χ4v) is 1.98. The maximum absolute atomic E-state index is 4.16. The molecule has 0 bridgehead atoms. The van der Waals surface area contributed by atoms with Gasteiger partial charge in [0, 0.05) is 24.8 Å². The molecule has 0 aliphatic rings. The molecule has 0 fully saturated rings. The first-order chi connectivity index (χ1) is 8.01. The molecule has 98 valence electrons. The van der Waals surface area contributed by atoms with Crippen LogP contribution in [0.15, 0.2) is 6.20 Å². The summed E-state index contributed by atoms with van der Waals surface area (Å²) < 4.78 is 1.94. The molecular weight excluding hydrogens is 232 g/mol. The van der Waals surface area contributed by atoms with Gasteiger partial charge in [0.25, 0.3) is 0 Å². The number of aromatic nitrogens is 3. The van der Waals surface area contributed by atoms with Gasteiger partial charge in [0.05, 0.1) is 5.69 Å². The summed E-state index contributed by atoms with van der Waals surface area (Å²) in [5, 5.41) is 11.7. The first-order valence-electron chi connectivity index (χ1n) is 6.23. The summed E-state index contributed by atoms with van der Waals surface area (Å²) in [5.41, 5.74) is 1.14. The van der Waals surface area contributed by atoms with Gasteiger partial charge >= 0.3 is 0 Å². The molecule has 0 atom stereocenters. The molecule has 1 rings (SSSR count). The molecule has 0 aliphatic carbocycles. The number of aryl methyl sites for hydroxylation is 1. The van der Waals surface area contributed by atoms with Crippen LogP contribution in [0.1, 0.15) is 39.8 Å². The van der Waals surface area contributed by atoms with Gasteiger partial charge in [-0.05, 0) is 38.7 Å². The Morgan fingerprint density at radius 2 is 2.18 bits per heavy atom. The third-order valence-corrected chi connectivity index (χ3v) is 3.25. The minimum Gasteiger partial charge on any atom is -0.306 e. The van der Waals surface area contributed by atoms with Crippen molar-refractivity contribution in [2.24, 2.45) is 0 Å². The van der Waals surface area contributed by atoms with E-state index in [2.05, 4.69) is 43.3 Å². The molecule has 0 radical (unpaired) electrons. The maximum atomic E-state index is 4.16. The standard InChI is InChI=1S/C12H24N4S/c1-5-17-8-6-7-16-10-11(14-15-16)9-13-12(2,3)4/h10,13H,5-9H2,1-4H3. The highest BCUT2D eigenvalue weighted by Crippen LogP contribution is 2.04. The minimum atomic E-state index is 0.127. The van der Waals surface area contributed by atoms with Crippen molar-refractivity contribution in [3.05, 3.63) is 11.9 Å². The van der Waals surface area contributed by atoms with Crippen molar-refractivity contribution in [1.82, 2.24) is 20.3 Å². The van der Waals surface area contributed by atoms with E-state index < -0.39 is 0 Å². The second kappa shape index (κ2) is 7.01. The normalized spacial score (nSPS) is 12.0. The van der Waals surface area contributed by atoms with E-state index in [0.717, 1.165) is 25.2 Å². The molecule has 1 heterocycles. The van der Waals surface area contributed by atoms with Crippen molar-refractivity contribution in [3.8, 4) is 0 Å². The van der Waals surface area contributed by atoms with Gasteiger partial charge in [-0.25, -0.2) is 0 Å². The molecule has 1 aromatic heterocycles. The highest BCUT2D eigenvalue weighted by Gasteiger charge is 2.09. The average Bonchev–Trinajstić information content (AvgIpc) is 2.69. The van der Waals surface area contributed by atoms with Crippen LogP contribution < -0.4 is 5.32 Å². The number of hydrogen-bond donors (Lipinski definition) is 1. The number of nitrogens with one attached hydrogen (secondary N) is 1. The monoisotopic (exact) mass is 256 g/mol. The maximum Gasteiger partial charge on any atom is 0.0965 e. The average molecular weight is 256 g/mol. The summed E-state index contributed by atoms with van der Waals surface area (Å²) >= 11 is 1.97. The van der Waals surface area contributed by atoms with Crippen LogP contribution in [0.3, 0.4) is 0 Å². The molecule has 0 saturated carbocycles. The zero-order chi connectivity index (χ0) is 12.7. The van der Waals surface area contributed by atoms with Crippen LogP contribution in [0.5, 0.6) is 0 Å². The van der Waals surface area contributed by atoms with Crippen LogP contribution in [-0.2, 0) is 13.1 Å². The van der Waals surface area contributed by atoms with E-state index in [0.29, 0.717) is 0 Å². The molecule has 0 saturated heterocycles. The molecule has 0 unspecified atom stereocenters. The Hall–Kier alpha value is -0.550. The van der Waals surface area contributed by atoms with Crippen molar-refractivity contribution in [1.29, 1.82) is 0 Å². The second-order valence-electron chi connectivity index (χ2n) is 5.13. The summed E-state index contributed by atoms with van der Waals surface area (Å²) in [5.74, 6) is 2.39. The first-order valence-corrected chi connectivity index (χ1v) is 7.38. The van der Waals surface area contributed by atoms with E-state index in [1.54, 1.807) is 0 Å². The summed E-state index contributed by atoms with van der Waals surface area (Å²) in [6.45, 7) is 10.4. The molecule has 0 spiro atoms. The molecule has 17 heavy (non-hydrogen) atoms. The van der Waals surface area contributed by atoms with Gasteiger partial charge in [-0.3, -0.25) is 4.68 Å². The Morgan fingerprint density at radius 1 is 1.41 bits per heavy atom. The van der Waals surface area contributed by atoms with Gasteiger partial charge in [-0.1, -0.05) is 12.1 Å². The van der Waals surface area contributed by atoms with E-state index in [4.69, 9.17) is 0 Å². The molecule has 1 N–H and O–H groups in total. The third-order valence-electron chi connectivity index (χ3n) is 2.27. The van der Waals surface area contributed by atoms with Crippen molar-refractivity contribution in [3.63, 3.8) is 0 Å². The van der Waals surface area contributed by atoms with Gasteiger partial charge in [0.15, 0.2) is 0 Å². The summed E-state index contributed by atoms with van der Waals surface area (Å²) in [6, 6.07) is 0. The Kier molecular flexibility index (Phi) is 5.98. The molecule has 1 aromatic rings. The fourth-order valence-electron chi connectivity index (χ4n) is 1.36. The molecule has 0 aromatic carbocycles. The van der Waals surface area contributed by atoms with Gasteiger partial charge in [0.1, 0.15) is 0 Å². The highest BCUT2D eigenvalue weighted by molar-refractivity contribution is 7.99. The van der Waals surface area contributed by atoms with Gasteiger partial charge in [-0.15, -0.1) is 5.10 Å². The summed E-state index contributed by atoms with van der Waals surface area (Å²) in [7, 11) is 0. The van der Waals surface area contributed by atoms with Crippen LogP contribution in [0.25, 0.3) is 0 Å². The molecular formula is C12H24N4S. The zero-order valence-corrected chi connectivity index (χ0v) is 12.2. The Balaban J connectivity index is 2.28. The lowest BCUT2D eigenvalue weighted by Gasteiger charge is -2.19. The molecule has 4 nitrogen and oxygen atoms in total. The Morgan fingerprint density at radius 3 is 2.82 bits per heavy atom. The highest BCUT2D eigenvalue weighted by atomic mass is 32.2. The van der Waals surface area contributed by atoms with Crippen molar-refractivity contribution < 1.29 is 0 Å². The van der Waals surface area contributed by atoms with Crippen LogP contribution in [0.4, 0.5) is 0 Å². The largest absolute Gasteiger partial charge is 0.306 e. The third kappa shape index (κ3) is 6.68. The molecule has 0 amide bonds.